The Morgan fingerprint density at radius 2 is 2.17 bits per heavy atom. The second-order valence-electron chi connectivity index (χ2n) is 4.28. The van der Waals surface area contributed by atoms with E-state index >= 15 is 0 Å². The van der Waals surface area contributed by atoms with E-state index in [0.717, 1.165) is 17.7 Å². The Morgan fingerprint density at radius 3 is 2.72 bits per heavy atom. The molecule has 1 atom stereocenters. The van der Waals surface area contributed by atoms with Gasteiger partial charge in [0.25, 0.3) is 0 Å². The highest BCUT2D eigenvalue weighted by molar-refractivity contribution is 7.99. The lowest BCUT2D eigenvalue weighted by Crippen LogP contribution is -2.40. The maximum absolute atomic E-state index is 12.8. The quantitative estimate of drug-likeness (QED) is 0.635. The van der Waals surface area contributed by atoms with Crippen LogP contribution in [0.5, 0.6) is 0 Å². The number of thioether (sulfide) groups is 1. The van der Waals surface area contributed by atoms with E-state index < -0.39 is 0 Å². The topological polar surface area (TPSA) is 38.3 Å². The number of hydrogen-bond donors (Lipinski definition) is 1. The summed E-state index contributed by atoms with van der Waals surface area (Å²) in [6.07, 6.45) is 2.24. The standard InChI is InChI=1S/C13H16FNO2S/c1-17-13(16)12(15-10-4-5-10)8-18-11-6-2-9(14)3-7-11/h2-3,6-7,10,12,15H,4-5,8H2,1H3. The first-order valence-corrected chi connectivity index (χ1v) is 6.90. The molecule has 0 aliphatic heterocycles. The van der Waals surface area contributed by atoms with E-state index in [9.17, 15) is 9.18 Å². The minimum atomic E-state index is -0.294. The predicted molar refractivity (Wildman–Crippen MR) is 69.1 cm³/mol. The molecular weight excluding hydrogens is 253 g/mol. The van der Waals surface area contributed by atoms with E-state index in [1.165, 1.54) is 31.0 Å². The van der Waals surface area contributed by atoms with Crippen LogP contribution in [0, 0.1) is 5.82 Å². The van der Waals surface area contributed by atoms with Gasteiger partial charge in [0.15, 0.2) is 0 Å². The van der Waals surface area contributed by atoms with Crippen molar-refractivity contribution in [2.24, 2.45) is 0 Å². The maximum atomic E-state index is 12.8. The fourth-order valence-electron chi connectivity index (χ4n) is 1.57. The number of rotatable bonds is 6. The molecule has 1 unspecified atom stereocenters. The molecule has 1 fully saturated rings. The van der Waals surface area contributed by atoms with Crippen LogP contribution in [0.25, 0.3) is 0 Å². The molecule has 0 spiro atoms. The van der Waals surface area contributed by atoms with Crippen molar-refractivity contribution in [2.45, 2.75) is 29.8 Å². The molecule has 0 amide bonds. The molecule has 5 heteroatoms. The van der Waals surface area contributed by atoms with Crippen molar-refractivity contribution in [1.29, 1.82) is 0 Å². The van der Waals surface area contributed by atoms with Crippen molar-refractivity contribution in [3.8, 4) is 0 Å². The van der Waals surface area contributed by atoms with E-state index in [0.29, 0.717) is 11.8 Å². The van der Waals surface area contributed by atoms with Crippen LogP contribution in [0.1, 0.15) is 12.8 Å². The Hall–Kier alpha value is -1.07. The maximum Gasteiger partial charge on any atom is 0.323 e. The molecule has 18 heavy (non-hydrogen) atoms. The molecule has 3 nitrogen and oxygen atoms in total. The minimum Gasteiger partial charge on any atom is -0.468 e. The van der Waals surface area contributed by atoms with Gasteiger partial charge in [-0.1, -0.05) is 0 Å². The minimum absolute atomic E-state index is 0.239. The smallest absolute Gasteiger partial charge is 0.323 e. The zero-order valence-corrected chi connectivity index (χ0v) is 11.0. The van der Waals surface area contributed by atoms with Gasteiger partial charge in [0.05, 0.1) is 7.11 Å². The highest BCUT2D eigenvalue weighted by Crippen LogP contribution is 2.23. The van der Waals surface area contributed by atoms with E-state index in [1.807, 2.05) is 0 Å². The van der Waals surface area contributed by atoms with Crippen LogP contribution in [0.15, 0.2) is 29.2 Å². The zero-order chi connectivity index (χ0) is 13.0. The van der Waals surface area contributed by atoms with Gasteiger partial charge in [0.1, 0.15) is 11.9 Å². The van der Waals surface area contributed by atoms with E-state index in [1.54, 1.807) is 12.1 Å². The van der Waals surface area contributed by atoms with Gasteiger partial charge in [0.2, 0.25) is 0 Å². The van der Waals surface area contributed by atoms with Crippen LogP contribution in [0.2, 0.25) is 0 Å². The second-order valence-corrected chi connectivity index (χ2v) is 5.38. The first kappa shape index (κ1) is 13.4. The lowest BCUT2D eigenvalue weighted by Gasteiger charge is -2.15. The Labute approximate surface area is 110 Å². The summed E-state index contributed by atoms with van der Waals surface area (Å²) in [4.78, 5) is 12.5. The van der Waals surface area contributed by atoms with Gasteiger partial charge < -0.3 is 10.1 Å². The average Bonchev–Trinajstić information content (AvgIpc) is 3.19. The third kappa shape index (κ3) is 3.99. The zero-order valence-electron chi connectivity index (χ0n) is 10.2. The molecule has 2 rings (SSSR count). The Morgan fingerprint density at radius 1 is 1.50 bits per heavy atom. The van der Waals surface area contributed by atoms with Crippen molar-refractivity contribution in [2.75, 3.05) is 12.9 Å². The number of ether oxygens (including phenoxy) is 1. The number of nitrogens with one attached hydrogen (secondary N) is 1. The SMILES string of the molecule is COC(=O)C(CSc1ccc(F)cc1)NC1CC1. The van der Waals surface area contributed by atoms with Crippen LogP contribution in [-0.4, -0.2) is 30.9 Å². The van der Waals surface area contributed by atoms with Crippen LogP contribution in [0.3, 0.4) is 0 Å². The largest absolute Gasteiger partial charge is 0.468 e. The molecule has 98 valence electrons. The third-order valence-corrected chi connectivity index (χ3v) is 3.84. The monoisotopic (exact) mass is 269 g/mol. The molecule has 1 N–H and O–H groups in total. The predicted octanol–water partition coefficient (Wildman–Crippen LogP) is 2.21. The normalized spacial score (nSPS) is 16.3. The molecule has 1 aliphatic carbocycles. The van der Waals surface area contributed by atoms with Crippen molar-refractivity contribution in [3.05, 3.63) is 30.1 Å². The van der Waals surface area contributed by atoms with Crippen LogP contribution >= 0.6 is 11.8 Å². The Kier molecular flexibility index (Phi) is 4.60. The van der Waals surface area contributed by atoms with Gasteiger partial charge >= 0.3 is 5.97 Å². The van der Waals surface area contributed by atoms with E-state index in [2.05, 4.69) is 5.32 Å². The second kappa shape index (κ2) is 6.20. The molecule has 0 saturated heterocycles. The molecule has 1 aliphatic rings. The van der Waals surface area contributed by atoms with Crippen LogP contribution < -0.4 is 5.32 Å². The van der Waals surface area contributed by atoms with Gasteiger partial charge in [-0.15, -0.1) is 11.8 Å². The fourth-order valence-corrected chi connectivity index (χ4v) is 2.49. The number of benzene rings is 1. The van der Waals surface area contributed by atoms with Gasteiger partial charge in [-0.3, -0.25) is 4.79 Å². The average molecular weight is 269 g/mol. The van der Waals surface area contributed by atoms with E-state index in [-0.39, 0.29) is 17.8 Å². The molecule has 0 radical (unpaired) electrons. The summed E-state index contributed by atoms with van der Waals surface area (Å²) in [5.74, 6) is 0.103. The van der Waals surface area contributed by atoms with Crippen molar-refractivity contribution in [1.82, 2.24) is 5.32 Å². The summed E-state index contributed by atoms with van der Waals surface area (Å²) in [5.41, 5.74) is 0. The molecule has 1 saturated carbocycles. The lowest BCUT2D eigenvalue weighted by atomic mass is 10.3. The number of hydrogen-bond acceptors (Lipinski definition) is 4. The number of carbonyl (C=O) groups excluding carboxylic acids is 1. The number of halogens is 1. The summed E-state index contributed by atoms with van der Waals surface area (Å²) in [5, 5.41) is 3.25. The summed E-state index contributed by atoms with van der Waals surface area (Å²) < 4.78 is 17.5. The number of methoxy groups -OCH3 is 1. The van der Waals surface area contributed by atoms with E-state index in [4.69, 9.17) is 4.74 Å². The summed E-state index contributed by atoms with van der Waals surface area (Å²) in [6, 6.07) is 6.42. The molecule has 1 aromatic rings. The summed E-state index contributed by atoms with van der Waals surface area (Å²) in [7, 11) is 1.40. The van der Waals surface area contributed by atoms with Crippen LogP contribution in [0.4, 0.5) is 4.39 Å². The van der Waals surface area contributed by atoms with Gasteiger partial charge in [-0.25, -0.2) is 4.39 Å². The van der Waals surface area contributed by atoms with Crippen molar-refractivity contribution in [3.63, 3.8) is 0 Å². The highest BCUT2D eigenvalue weighted by atomic mass is 32.2. The first-order chi connectivity index (χ1) is 8.69. The molecule has 1 aromatic carbocycles. The first-order valence-electron chi connectivity index (χ1n) is 5.91. The molecule has 0 aromatic heterocycles. The summed E-state index contributed by atoms with van der Waals surface area (Å²) in [6.45, 7) is 0. The number of esters is 1. The fraction of sp³-hybridized carbons (Fsp3) is 0.462. The molecule has 0 heterocycles. The van der Waals surface area contributed by atoms with Gasteiger partial charge in [-0.05, 0) is 37.1 Å². The Balaban J connectivity index is 1.87. The lowest BCUT2D eigenvalue weighted by molar-refractivity contribution is -0.142. The third-order valence-electron chi connectivity index (χ3n) is 2.73. The van der Waals surface area contributed by atoms with Crippen molar-refractivity contribution >= 4 is 17.7 Å². The summed E-state index contributed by atoms with van der Waals surface area (Å²) >= 11 is 1.52. The van der Waals surface area contributed by atoms with Gasteiger partial charge in [0, 0.05) is 16.7 Å². The molecular formula is C13H16FNO2S. The number of carbonyl (C=O) groups is 1. The molecule has 0 bridgehead atoms. The van der Waals surface area contributed by atoms with Crippen molar-refractivity contribution < 1.29 is 13.9 Å². The Bertz CT molecular complexity index is 406. The highest BCUT2D eigenvalue weighted by Gasteiger charge is 2.28. The van der Waals surface area contributed by atoms with Gasteiger partial charge in [-0.2, -0.15) is 0 Å². The van der Waals surface area contributed by atoms with Crippen LogP contribution in [-0.2, 0) is 9.53 Å².